The van der Waals surface area contributed by atoms with Gasteiger partial charge in [-0.3, -0.25) is 0 Å². The Morgan fingerprint density at radius 3 is 3.10 bits per heavy atom. The lowest BCUT2D eigenvalue weighted by Crippen LogP contribution is -1.71. The van der Waals surface area contributed by atoms with E-state index in [1.807, 2.05) is 19.1 Å². The third kappa shape index (κ3) is 1.67. The molecule has 1 aromatic rings. The first-order valence-electron chi connectivity index (χ1n) is 3.12. The van der Waals surface area contributed by atoms with Crippen LogP contribution in [-0.4, -0.2) is 5.75 Å². The Morgan fingerprint density at radius 2 is 2.60 bits per heavy atom. The topological polar surface area (TPSA) is 13.1 Å². The fourth-order valence-corrected chi connectivity index (χ4v) is 1.37. The van der Waals surface area contributed by atoms with Crippen LogP contribution in [0.15, 0.2) is 34.3 Å². The minimum absolute atomic E-state index is 0.945. The third-order valence-electron chi connectivity index (χ3n) is 1.17. The van der Waals surface area contributed by atoms with E-state index < -0.39 is 0 Å². The van der Waals surface area contributed by atoms with Gasteiger partial charge in [0.1, 0.15) is 5.76 Å². The van der Waals surface area contributed by atoms with Crippen LogP contribution in [0.25, 0.3) is 0 Å². The largest absolute Gasteiger partial charge is 0.468 e. The lowest BCUT2D eigenvalue weighted by Gasteiger charge is -1.92. The molecule has 0 saturated carbocycles. The van der Waals surface area contributed by atoms with Crippen molar-refractivity contribution in [2.75, 3.05) is 5.75 Å². The molecule has 10 heavy (non-hydrogen) atoms. The first-order valence-corrected chi connectivity index (χ1v) is 4.11. The number of hydrogen-bond acceptors (Lipinski definition) is 2. The summed E-state index contributed by atoms with van der Waals surface area (Å²) in [6.45, 7) is 5.60. The summed E-state index contributed by atoms with van der Waals surface area (Å²) in [6.07, 6.45) is 3.60. The van der Waals surface area contributed by atoms with Crippen molar-refractivity contribution in [2.24, 2.45) is 0 Å². The second-order valence-electron chi connectivity index (χ2n) is 1.94. The zero-order valence-electron chi connectivity index (χ0n) is 5.96. The molecule has 0 aromatic carbocycles. The van der Waals surface area contributed by atoms with Gasteiger partial charge in [0.2, 0.25) is 0 Å². The van der Waals surface area contributed by atoms with E-state index in [9.17, 15) is 0 Å². The van der Waals surface area contributed by atoms with Gasteiger partial charge in [-0.2, -0.15) is 0 Å². The normalized spacial score (nSPS) is 9.70. The summed E-state index contributed by atoms with van der Waals surface area (Å²) in [5.41, 5.74) is 0. The number of rotatable bonds is 3. The van der Waals surface area contributed by atoms with Gasteiger partial charge in [-0.15, -0.1) is 18.3 Å². The quantitative estimate of drug-likeness (QED) is 0.490. The second kappa shape index (κ2) is 3.52. The molecule has 0 aliphatic rings. The molecule has 0 spiro atoms. The molecule has 54 valence electrons. The fraction of sp³-hybridized carbons (Fsp3) is 0.250. The Labute approximate surface area is 65.1 Å². The molecule has 0 aliphatic heterocycles. The second-order valence-corrected chi connectivity index (χ2v) is 3.00. The van der Waals surface area contributed by atoms with E-state index in [0.717, 1.165) is 11.5 Å². The number of furan rings is 1. The summed E-state index contributed by atoms with van der Waals surface area (Å²) < 4.78 is 5.11. The highest BCUT2D eigenvalue weighted by Crippen LogP contribution is 2.22. The Balaban J connectivity index is 2.56. The van der Waals surface area contributed by atoms with Crippen molar-refractivity contribution < 1.29 is 4.42 Å². The molecule has 0 aliphatic carbocycles. The van der Waals surface area contributed by atoms with Crippen LogP contribution in [-0.2, 0) is 0 Å². The van der Waals surface area contributed by atoms with Crippen LogP contribution in [0, 0.1) is 6.92 Å². The predicted octanol–water partition coefficient (Wildman–Crippen LogP) is 2.87. The van der Waals surface area contributed by atoms with Gasteiger partial charge in [0.05, 0.1) is 6.26 Å². The molecular formula is C8H10OS. The van der Waals surface area contributed by atoms with Crippen LogP contribution in [0.1, 0.15) is 5.76 Å². The van der Waals surface area contributed by atoms with Gasteiger partial charge in [0.25, 0.3) is 0 Å². The van der Waals surface area contributed by atoms with Crippen LogP contribution < -0.4 is 0 Å². The molecule has 0 radical (unpaired) electrons. The summed E-state index contributed by atoms with van der Waals surface area (Å²) in [5.74, 6) is 1.94. The number of aryl methyl sites for hydroxylation is 1. The Bertz CT molecular complexity index is 215. The number of thioether (sulfide) groups is 1. The van der Waals surface area contributed by atoms with Crippen LogP contribution in [0.3, 0.4) is 0 Å². The van der Waals surface area contributed by atoms with Crippen molar-refractivity contribution in [3.63, 3.8) is 0 Å². The van der Waals surface area contributed by atoms with E-state index >= 15 is 0 Å². The molecule has 0 saturated heterocycles. The van der Waals surface area contributed by atoms with Gasteiger partial charge in [-0.1, -0.05) is 6.08 Å². The average Bonchev–Trinajstić information content (AvgIpc) is 2.31. The van der Waals surface area contributed by atoms with Crippen molar-refractivity contribution >= 4 is 11.8 Å². The zero-order chi connectivity index (χ0) is 7.40. The van der Waals surface area contributed by atoms with Gasteiger partial charge in [0.15, 0.2) is 0 Å². The molecule has 0 N–H and O–H groups in total. The monoisotopic (exact) mass is 154 g/mol. The van der Waals surface area contributed by atoms with Crippen LogP contribution in [0.5, 0.6) is 0 Å². The maximum absolute atomic E-state index is 5.11. The lowest BCUT2D eigenvalue weighted by molar-refractivity contribution is 0.527. The van der Waals surface area contributed by atoms with E-state index in [4.69, 9.17) is 4.42 Å². The summed E-state index contributed by atoms with van der Waals surface area (Å²) in [5, 5.41) is 0. The maximum atomic E-state index is 5.11. The minimum atomic E-state index is 0.945. The van der Waals surface area contributed by atoms with Gasteiger partial charge in [0, 0.05) is 10.6 Å². The van der Waals surface area contributed by atoms with Gasteiger partial charge < -0.3 is 4.42 Å². The number of hydrogen-bond donors (Lipinski definition) is 0. The molecule has 0 fully saturated rings. The van der Waals surface area contributed by atoms with E-state index in [1.54, 1.807) is 18.0 Å². The van der Waals surface area contributed by atoms with Crippen molar-refractivity contribution in [3.05, 3.63) is 30.7 Å². The van der Waals surface area contributed by atoms with Gasteiger partial charge in [-0.05, 0) is 13.0 Å². The van der Waals surface area contributed by atoms with E-state index in [0.29, 0.717) is 0 Å². The van der Waals surface area contributed by atoms with Gasteiger partial charge >= 0.3 is 0 Å². The SMILES string of the molecule is C=CCSc1ccoc1C. The highest BCUT2D eigenvalue weighted by atomic mass is 32.2. The Kier molecular flexibility index (Phi) is 2.63. The predicted molar refractivity (Wildman–Crippen MR) is 44.4 cm³/mol. The molecule has 0 atom stereocenters. The van der Waals surface area contributed by atoms with Crippen LogP contribution in [0.2, 0.25) is 0 Å². The first kappa shape index (κ1) is 7.48. The molecule has 0 unspecified atom stereocenters. The van der Waals surface area contributed by atoms with Crippen LogP contribution in [0.4, 0.5) is 0 Å². The van der Waals surface area contributed by atoms with E-state index in [2.05, 4.69) is 6.58 Å². The van der Waals surface area contributed by atoms with Crippen molar-refractivity contribution in [2.45, 2.75) is 11.8 Å². The maximum Gasteiger partial charge on any atom is 0.114 e. The molecule has 0 amide bonds. The Morgan fingerprint density at radius 1 is 1.80 bits per heavy atom. The molecule has 1 heterocycles. The Hall–Kier alpha value is -0.630. The van der Waals surface area contributed by atoms with Crippen LogP contribution >= 0.6 is 11.8 Å². The van der Waals surface area contributed by atoms with E-state index in [1.165, 1.54) is 4.90 Å². The first-order chi connectivity index (χ1) is 4.84. The fourth-order valence-electron chi connectivity index (χ4n) is 0.672. The summed E-state index contributed by atoms with van der Waals surface area (Å²) in [6, 6.07) is 1.98. The van der Waals surface area contributed by atoms with Crippen molar-refractivity contribution in [1.29, 1.82) is 0 Å². The summed E-state index contributed by atoms with van der Waals surface area (Å²) >= 11 is 1.74. The highest BCUT2D eigenvalue weighted by Gasteiger charge is 1.98. The molecular weight excluding hydrogens is 144 g/mol. The summed E-state index contributed by atoms with van der Waals surface area (Å²) in [7, 11) is 0. The van der Waals surface area contributed by atoms with Gasteiger partial charge in [-0.25, -0.2) is 0 Å². The molecule has 1 aromatic heterocycles. The minimum Gasteiger partial charge on any atom is -0.468 e. The molecule has 0 bridgehead atoms. The average molecular weight is 154 g/mol. The molecule has 2 heteroatoms. The molecule has 1 nitrogen and oxygen atoms in total. The lowest BCUT2D eigenvalue weighted by atomic mass is 10.5. The highest BCUT2D eigenvalue weighted by molar-refractivity contribution is 7.99. The zero-order valence-corrected chi connectivity index (χ0v) is 6.78. The standard InChI is InChI=1S/C8H10OS/c1-3-6-10-8-4-5-9-7(8)2/h3-5H,1,6H2,2H3. The van der Waals surface area contributed by atoms with Crippen molar-refractivity contribution in [3.8, 4) is 0 Å². The van der Waals surface area contributed by atoms with Crippen molar-refractivity contribution in [1.82, 2.24) is 0 Å². The van der Waals surface area contributed by atoms with E-state index in [-0.39, 0.29) is 0 Å². The molecule has 1 rings (SSSR count). The summed E-state index contributed by atoms with van der Waals surface area (Å²) in [4.78, 5) is 1.21. The smallest absolute Gasteiger partial charge is 0.114 e. The third-order valence-corrected chi connectivity index (χ3v) is 2.30.